The van der Waals surface area contributed by atoms with Crippen LogP contribution >= 0.6 is 0 Å². The molecule has 2 heterocycles. The summed E-state index contributed by atoms with van der Waals surface area (Å²) in [6.07, 6.45) is 10.1. The average Bonchev–Trinajstić information content (AvgIpc) is 0.865. The number of carbonyl (C=O) groups excluding carboxylic acids is 6. The average molecular weight is 1730 g/mol. The van der Waals surface area contributed by atoms with Crippen molar-refractivity contribution in [2.24, 2.45) is 66.9 Å². The molecule has 30 heteroatoms. The number of nitrogens with one attached hydrogen (secondary N) is 2. The fraction of sp³-hybridized carbons (Fsp3) is 0.396. The number of alkyl carbamates (subject to hydrolysis) is 2. The van der Waals surface area contributed by atoms with Gasteiger partial charge in [0.15, 0.2) is 23.3 Å². The van der Waals surface area contributed by atoms with E-state index in [0.717, 1.165) is 124 Å². The van der Waals surface area contributed by atoms with Gasteiger partial charge < -0.3 is 103 Å². The van der Waals surface area contributed by atoms with Crippen LogP contribution in [-0.2, 0) is 73.7 Å². The molecular formula is C96H122N14O16. The molecule has 2 saturated heterocycles. The Morgan fingerprint density at radius 2 is 0.595 bits per heavy atom. The summed E-state index contributed by atoms with van der Waals surface area (Å²) >= 11 is 0. The molecule has 8 aromatic rings. The van der Waals surface area contributed by atoms with E-state index < -0.39 is 71.4 Å². The lowest BCUT2D eigenvalue weighted by Crippen LogP contribution is -2.45. The predicted molar refractivity (Wildman–Crippen MR) is 484 cm³/mol. The van der Waals surface area contributed by atoms with Crippen molar-refractivity contribution in [2.75, 3.05) is 65.7 Å². The fourth-order valence-electron chi connectivity index (χ4n) is 13.7. The lowest BCUT2D eigenvalue weighted by Gasteiger charge is -2.32. The molecule has 2 fully saturated rings. The summed E-state index contributed by atoms with van der Waals surface area (Å²) in [5.74, 6) is 1.50. The number of rotatable bonds is 42. The van der Waals surface area contributed by atoms with Crippen LogP contribution in [0.2, 0.25) is 0 Å². The van der Waals surface area contributed by atoms with Gasteiger partial charge in [-0.2, -0.15) is 0 Å². The van der Waals surface area contributed by atoms with Crippen LogP contribution in [0.15, 0.2) is 239 Å². The number of amidine groups is 4. The maximum atomic E-state index is 13.0. The number of ether oxygens (including phenoxy) is 6. The highest BCUT2D eigenvalue weighted by molar-refractivity contribution is 5.99. The SMILES string of the molecule is CC(C)(C)OC(=O)N[C@@H](Cc1ccccc1)C(=O)O/N=C(\N)c1ccc(OCCCC2CCN(CCCOc3ccc(/C(N)=N/OC(=O)[C@H](Cc4ccccc4)NC(=O)OC(C)(C)C)cc3)CC2)cc1.N/C(=N\OC(=O)[C@@H](N)Cc1ccccc1)c1ccc(OCCCC2CCN(CCCOc3ccc(/C(N)=N/OC(=O)[C@@H](N)Cc4ccccc4)cc3)CC2)cc1. The third kappa shape index (κ3) is 36.1. The number of oxime groups is 4. The van der Waals surface area contributed by atoms with Crippen molar-refractivity contribution in [1.82, 2.24) is 20.4 Å². The molecule has 10 rings (SSSR count). The van der Waals surface area contributed by atoms with Crippen molar-refractivity contribution in [3.63, 3.8) is 0 Å². The molecule has 0 bridgehead atoms. The molecule has 0 aliphatic carbocycles. The Kier molecular flexibility index (Phi) is 39.0. The Hall–Kier alpha value is -12.9. The molecule has 0 unspecified atom stereocenters. The minimum atomic E-state index is -1.05. The maximum absolute atomic E-state index is 13.0. The number of carbonyl (C=O) groups is 6. The van der Waals surface area contributed by atoms with E-state index in [1.165, 1.54) is 12.8 Å². The zero-order valence-corrected chi connectivity index (χ0v) is 72.9. The second kappa shape index (κ2) is 50.8. The van der Waals surface area contributed by atoms with Crippen LogP contribution in [-0.4, -0.2) is 170 Å². The summed E-state index contributed by atoms with van der Waals surface area (Å²) in [7, 11) is 0. The summed E-state index contributed by atoms with van der Waals surface area (Å²) in [5, 5.41) is 20.4. The number of hydrogen-bond donors (Lipinski definition) is 8. The number of nitrogens with zero attached hydrogens (tertiary/aromatic N) is 6. The lowest BCUT2D eigenvalue weighted by molar-refractivity contribution is -0.146. The van der Waals surface area contributed by atoms with Crippen molar-refractivity contribution in [1.29, 1.82) is 0 Å². The zero-order valence-electron chi connectivity index (χ0n) is 72.9. The van der Waals surface area contributed by atoms with E-state index in [0.29, 0.717) is 84.9 Å². The minimum absolute atomic E-state index is 0.000230. The molecule has 2 aliphatic rings. The molecule has 672 valence electrons. The highest BCUT2D eigenvalue weighted by Gasteiger charge is 2.30. The highest BCUT2D eigenvalue weighted by Crippen LogP contribution is 2.26. The molecule has 0 saturated carbocycles. The molecule has 8 aromatic carbocycles. The third-order valence-corrected chi connectivity index (χ3v) is 20.5. The topological polar surface area (TPSA) is 431 Å². The quantitative estimate of drug-likeness (QED) is 0.00579. The maximum Gasteiger partial charge on any atom is 0.408 e. The standard InChI is InChI=1S/C53H69N7O10.C43H53N7O6/c1-52(2,3)67-50(63)56-44(35-38-15-9-7-10-16-38)48(61)69-58-46(54)40-20-24-42(25-21-40)65-33-13-19-37-28-31-60(32-29-37)30-14-34-66-43-26-22-41(23-27-43)47(55)59-70-49(62)45(36-39-17-11-8-12-18-39)57-51(64)68-53(4,5)6;44-38(29-32-9-3-1-4-10-32)42(51)55-48-40(46)34-14-18-36(19-15-34)53-27-7-13-31-22-25-50(26-23-31)24-8-28-54-37-20-16-35(17-21-37)41(47)49-56-43(52)39(45)30-33-11-5-2-6-12-33/h7-12,15-18,20-27,37,44-45H,13-14,19,28-36H2,1-6H3,(H2,54,58)(H2,55,59)(H,56,63)(H,57,64);1-6,9-12,14-21,31,38-39H,7-8,13,22-30,44-45H2,(H2,46,48)(H2,47,49)/t44-,45-;38-,39-/m00/s1. The Bertz CT molecular complexity index is 4470. The highest BCUT2D eigenvalue weighted by atomic mass is 16.7. The van der Waals surface area contributed by atoms with E-state index in [-0.39, 0.29) is 36.2 Å². The summed E-state index contributed by atoms with van der Waals surface area (Å²) in [5.41, 5.74) is 40.6. The second-order valence-corrected chi connectivity index (χ2v) is 33.0. The van der Waals surface area contributed by atoms with Crippen LogP contribution < -0.4 is 64.0 Å². The van der Waals surface area contributed by atoms with E-state index in [9.17, 15) is 28.8 Å². The van der Waals surface area contributed by atoms with E-state index in [2.05, 4.69) is 41.1 Å². The van der Waals surface area contributed by atoms with Crippen LogP contribution in [0.4, 0.5) is 9.59 Å². The van der Waals surface area contributed by atoms with Crippen LogP contribution in [0.1, 0.15) is 150 Å². The lowest BCUT2D eigenvalue weighted by atomic mass is 9.92. The van der Waals surface area contributed by atoms with Crippen LogP contribution in [0.25, 0.3) is 0 Å². The smallest absolute Gasteiger partial charge is 0.408 e. The number of likely N-dealkylation sites (tertiary alicyclic amines) is 2. The number of piperidine rings is 2. The van der Waals surface area contributed by atoms with Crippen molar-refractivity contribution in [3.8, 4) is 23.0 Å². The molecule has 0 aromatic heterocycles. The normalized spacial score (nSPS) is 14.9. The Morgan fingerprint density at radius 3 is 0.857 bits per heavy atom. The monoisotopic (exact) mass is 1730 g/mol. The summed E-state index contributed by atoms with van der Waals surface area (Å²) in [6, 6.07) is 62.2. The van der Waals surface area contributed by atoms with Crippen LogP contribution in [0.3, 0.4) is 0 Å². The van der Waals surface area contributed by atoms with Gasteiger partial charge in [0.25, 0.3) is 0 Å². The van der Waals surface area contributed by atoms with Gasteiger partial charge in [0.2, 0.25) is 0 Å². The van der Waals surface area contributed by atoms with E-state index >= 15 is 0 Å². The van der Waals surface area contributed by atoms with Gasteiger partial charge in [-0.25, -0.2) is 28.8 Å². The third-order valence-electron chi connectivity index (χ3n) is 20.5. The molecule has 2 aliphatic heterocycles. The molecule has 0 radical (unpaired) electrons. The van der Waals surface area contributed by atoms with Crippen molar-refractivity contribution in [2.45, 2.75) is 167 Å². The van der Waals surface area contributed by atoms with Crippen molar-refractivity contribution in [3.05, 3.63) is 263 Å². The van der Waals surface area contributed by atoms with Gasteiger partial charge in [0.05, 0.1) is 26.4 Å². The second-order valence-electron chi connectivity index (χ2n) is 33.0. The van der Waals surface area contributed by atoms with Gasteiger partial charge in [-0.1, -0.05) is 142 Å². The summed E-state index contributed by atoms with van der Waals surface area (Å²) in [6.45, 7) is 19.0. The molecule has 126 heavy (non-hydrogen) atoms. The van der Waals surface area contributed by atoms with E-state index in [4.69, 9.17) is 82.2 Å². The fourth-order valence-corrected chi connectivity index (χ4v) is 13.7. The number of nitrogens with two attached hydrogens (primary N) is 6. The number of amides is 2. The molecule has 4 atom stereocenters. The Morgan fingerprint density at radius 1 is 0.349 bits per heavy atom. The predicted octanol–water partition coefficient (Wildman–Crippen LogP) is 12.1. The first-order valence-corrected chi connectivity index (χ1v) is 42.8. The van der Waals surface area contributed by atoms with Gasteiger partial charge >= 0.3 is 36.1 Å². The molecular weight excluding hydrogens is 1610 g/mol. The van der Waals surface area contributed by atoms with Gasteiger partial charge in [0, 0.05) is 48.2 Å². The zero-order chi connectivity index (χ0) is 90.1. The number of hydrogen-bond acceptors (Lipinski definition) is 24. The largest absolute Gasteiger partial charge is 0.494 e. The van der Waals surface area contributed by atoms with Gasteiger partial charge in [-0.3, -0.25) is 0 Å². The van der Waals surface area contributed by atoms with Crippen molar-refractivity contribution >= 4 is 59.4 Å². The van der Waals surface area contributed by atoms with Crippen LogP contribution in [0.5, 0.6) is 23.0 Å². The van der Waals surface area contributed by atoms with Gasteiger partial charge in [-0.05, 0) is 276 Å². The molecule has 14 N–H and O–H groups in total. The Balaban J connectivity index is 0.000000292. The van der Waals surface area contributed by atoms with E-state index in [1.807, 2.05) is 146 Å². The first kappa shape index (κ1) is 96.9. The van der Waals surface area contributed by atoms with Gasteiger partial charge in [-0.15, -0.1) is 0 Å². The van der Waals surface area contributed by atoms with Crippen molar-refractivity contribution < 1.29 is 76.5 Å². The first-order chi connectivity index (χ1) is 60.6. The molecule has 30 nitrogen and oxygen atoms in total. The molecule has 2 amide bonds. The Labute approximate surface area is 738 Å². The summed E-state index contributed by atoms with van der Waals surface area (Å²) < 4.78 is 34.6. The number of benzene rings is 8. The summed E-state index contributed by atoms with van der Waals surface area (Å²) in [4.78, 5) is 101. The first-order valence-electron chi connectivity index (χ1n) is 42.8. The van der Waals surface area contributed by atoms with Gasteiger partial charge in [0.1, 0.15) is 58.4 Å². The van der Waals surface area contributed by atoms with E-state index in [1.54, 1.807) is 114 Å². The molecule has 0 spiro atoms. The minimum Gasteiger partial charge on any atom is -0.494 e. The van der Waals surface area contributed by atoms with Crippen LogP contribution in [0, 0.1) is 11.8 Å².